The van der Waals surface area contributed by atoms with E-state index in [0.717, 1.165) is 55.3 Å². The van der Waals surface area contributed by atoms with Gasteiger partial charge in [-0.2, -0.15) is 0 Å². The summed E-state index contributed by atoms with van der Waals surface area (Å²) in [6.45, 7) is 11.1. The van der Waals surface area contributed by atoms with E-state index in [-0.39, 0.29) is 46.1 Å². The first kappa shape index (κ1) is 36.0. The average Bonchev–Trinajstić information content (AvgIpc) is 3.42. The van der Waals surface area contributed by atoms with Crippen LogP contribution in [-0.4, -0.2) is 122 Å². The Balaban J connectivity index is 1.05. The maximum atomic E-state index is 14.8. The Hall–Kier alpha value is -3.00. The molecule has 0 unspecified atom stereocenters. The SMILES string of the molecule is COC[C@H]1CCCN(C(=O)[C@@H](NC(=O)[C@@H]2CN(c3cc(O)cc4ncsc34)CC23CN(C(=O)[C@H]2CC2(C)C)C3)[C@@H](C)OCC23CCC(CC2)OC3)C1. The van der Waals surface area contributed by atoms with Gasteiger partial charge in [0.2, 0.25) is 17.7 Å². The third-order valence-corrected chi connectivity index (χ3v) is 14.2. The van der Waals surface area contributed by atoms with Gasteiger partial charge in [0.05, 0.1) is 59.4 Å². The Kier molecular flexibility index (Phi) is 9.48. The summed E-state index contributed by atoms with van der Waals surface area (Å²) in [4.78, 5) is 53.2. The predicted molar refractivity (Wildman–Crippen MR) is 197 cm³/mol. The highest BCUT2D eigenvalue weighted by Crippen LogP contribution is 2.55. The van der Waals surface area contributed by atoms with Crippen molar-refractivity contribution in [2.45, 2.75) is 84.0 Å². The average molecular weight is 738 g/mol. The second-order valence-electron chi connectivity index (χ2n) is 17.7. The molecular weight excluding hydrogens is 683 g/mol. The molecule has 284 valence electrons. The summed E-state index contributed by atoms with van der Waals surface area (Å²) >= 11 is 1.51. The van der Waals surface area contributed by atoms with Gasteiger partial charge < -0.3 is 39.3 Å². The van der Waals surface area contributed by atoms with E-state index in [0.29, 0.717) is 70.7 Å². The van der Waals surface area contributed by atoms with Gasteiger partial charge in [0, 0.05) is 75.3 Å². The van der Waals surface area contributed by atoms with Crippen molar-refractivity contribution in [2.75, 3.05) is 71.1 Å². The molecule has 0 radical (unpaired) electrons. The number of phenolic OH excluding ortho intramolecular Hbond substituents is 1. The first-order valence-electron chi connectivity index (χ1n) is 19.3. The van der Waals surface area contributed by atoms with Crippen LogP contribution in [0, 0.1) is 34.0 Å². The van der Waals surface area contributed by atoms with Crippen LogP contribution in [-0.2, 0) is 28.6 Å². The van der Waals surface area contributed by atoms with Crippen molar-refractivity contribution >= 4 is 45.0 Å². The van der Waals surface area contributed by atoms with Crippen molar-refractivity contribution in [2.24, 2.45) is 34.0 Å². The number of rotatable bonds is 11. The molecule has 1 spiro atoms. The van der Waals surface area contributed by atoms with Crippen LogP contribution in [0.15, 0.2) is 17.6 Å². The van der Waals surface area contributed by atoms with E-state index in [1.807, 2.05) is 16.7 Å². The number of amides is 3. The second kappa shape index (κ2) is 13.7. The van der Waals surface area contributed by atoms with E-state index in [4.69, 9.17) is 14.2 Å². The third-order valence-electron chi connectivity index (χ3n) is 13.4. The molecule has 9 rings (SSSR count). The van der Waals surface area contributed by atoms with Crippen molar-refractivity contribution in [3.8, 4) is 5.75 Å². The molecule has 1 aromatic heterocycles. The van der Waals surface area contributed by atoms with E-state index in [1.165, 1.54) is 11.3 Å². The van der Waals surface area contributed by atoms with Crippen molar-refractivity contribution in [3.63, 3.8) is 0 Å². The highest BCUT2D eigenvalue weighted by molar-refractivity contribution is 7.17. The van der Waals surface area contributed by atoms with Gasteiger partial charge in [-0.15, -0.1) is 11.3 Å². The molecular formula is C39H55N5O7S. The summed E-state index contributed by atoms with van der Waals surface area (Å²) in [6.07, 6.45) is 6.75. The predicted octanol–water partition coefficient (Wildman–Crippen LogP) is 4.05. The number of aromatic hydroxyl groups is 1. The van der Waals surface area contributed by atoms with E-state index in [9.17, 15) is 19.5 Å². The van der Waals surface area contributed by atoms with Crippen LogP contribution in [0.5, 0.6) is 5.75 Å². The number of hydrogen-bond donors (Lipinski definition) is 2. The zero-order chi connectivity index (χ0) is 36.4. The lowest BCUT2D eigenvalue weighted by Gasteiger charge is -2.51. The van der Waals surface area contributed by atoms with Crippen LogP contribution in [0.1, 0.15) is 65.7 Å². The van der Waals surface area contributed by atoms with Crippen LogP contribution in [0.2, 0.25) is 0 Å². The molecule has 2 bridgehead atoms. The lowest BCUT2D eigenvalue weighted by atomic mass is 9.70. The molecule has 2 aliphatic carbocycles. The molecule has 2 aromatic rings. The van der Waals surface area contributed by atoms with Crippen LogP contribution in [0.3, 0.4) is 0 Å². The van der Waals surface area contributed by atoms with Crippen molar-refractivity contribution in [1.29, 1.82) is 0 Å². The molecule has 1 aromatic carbocycles. The maximum absolute atomic E-state index is 14.8. The minimum Gasteiger partial charge on any atom is -0.508 e. The summed E-state index contributed by atoms with van der Waals surface area (Å²) in [6, 6.07) is 2.54. The largest absolute Gasteiger partial charge is 0.508 e. The normalized spacial score (nSPS) is 31.4. The molecule has 13 heteroatoms. The number of ether oxygens (including phenoxy) is 3. The Morgan fingerprint density at radius 3 is 2.56 bits per heavy atom. The fraction of sp³-hybridized carbons (Fsp3) is 0.744. The van der Waals surface area contributed by atoms with Crippen molar-refractivity contribution < 1.29 is 33.7 Å². The number of phenols is 1. The first-order chi connectivity index (χ1) is 24.9. The highest BCUT2D eigenvalue weighted by Gasteiger charge is 2.61. The van der Waals surface area contributed by atoms with Gasteiger partial charge in [-0.25, -0.2) is 4.98 Å². The number of hydrogen-bond acceptors (Lipinski definition) is 10. The summed E-state index contributed by atoms with van der Waals surface area (Å²) in [5.74, 6) is -0.239. The molecule has 52 heavy (non-hydrogen) atoms. The van der Waals surface area contributed by atoms with Crippen molar-refractivity contribution in [1.82, 2.24) is 20.1 Å². The maximum Gasteiger partial charge on any atom is 0.247 e. The number of nitrogens with zero attached hydrogens (tertiary/aromatic N) is 4. The fourth-order valence-electron chi connectivity index (χ4n) is 9.85. The van der Waals surface area contributed by atoms with E-state index in [2.05, 4.69) is 29.0 Å². The van der Waals surface area contributed by atoms with Gasteiger partial charge in [0.15, 0.2) is 0 Å². The van der Waals surface area contributed by atoms with Crippen LogP contribution in [0.4, 0.5) is 5.69 Å². The number of thiazole rings is 1. The summed E-state index contributed by atoms with van der Waals surface area (Å²) in [5.41, 5.74) is 2.79. The quantitative estimate of drug-likeness (QED) is 0.351. The number of anilines is 1. The van der Waals surface area contributed by atoms with Gasteiger partial charge in [-0.3, -0.25) is 14.4 Å². The fourth-order valence-corrected chi connectivity index (χ4v) is 10.7. The Morgan fingerprint density at radius 1 is 1.10 bits per heavy atom. The van der Waals surface area contributed by atoms with Crippen LogP contribution in [0.25, 0.3) is 10.2 Å². The zero-order valence-electron chi connectivity index (χ0n) is 31.1. The van der Waals surface area contributed by atoms with E-state index in [1.54, 1.807) is 24.8 Å². The van der Waals surface area contributed by atoms with Gasteiger partial charge in [-0.05, 0) is 63.2 Å². The van der Waals surface area contributed by atoms with Crippen LogP contribution < -0.4 is 10.2 Å². The molecule has 7 fully saturated rings. The number of methoxy groups -OCH3 is 1. The topological polar surface area (TPSA) is 134 Å². The summed E-state index contributed by atoms with van der Waals surface area (Å²) < 4.78 is 19.1. The second-order valence-corrected chi connectivity index (χ2v) is 18.5. The Labute approximate surface area is 310 Å². The molecule has 5 atom stereocenters. The molecule has 5 aliphatic heterocycles. The Morgan fingerprint density at radius 2 is 1.87 bits per heavy atom. The number of piperidine rings is 1. The molecule has 3 amide bonds. The van der Waals surface area contributed by atoms with Gasteiger partial charge in [0.25, 0.3) is 0 Å². The smallest absolute Gasteiger partial charge is 0.247 e. The molecule has 2 N–H and O–H groups in total. The Bertz CT molecular complexity index is 1670. The number of fused-ring (bicyclic) bond motifs is 4. The number of nitrogens with one attached hydrogen (secondary N) is 1. The van der Waals surface area contributed by atoms with E-state index < -0.39 is 23.5 Å². The third kappa shape index (κ3) is 6.68. The van der Waals surface area contributed by atoms with Crippen LogP contribution >= 0.6 is 11.3 Å². The first-order valence-corrected chi connectivity index (χ1v) is 20.2. The molecule has 6 heterocycles. The summed E-state index contributed by atoms with van der Waals surface area (Å²) in [5, 5.41) is 13.9. The number of carbonyl (C=O) groups is 3. The number of benzene rings is 1. The molecule has 7 aliphatic rings. The standard InChI is InChI=1S/C39H55N5O7S/c1-24(50-21-38-9-7-27(8-10-38)51-22-38)32(36(48)42-11-5-6-25(15-42)17-49-4)41-34(46)29-16-43(31-13-26(45)12-30-33(31)52-23-40-30)18-39(29)19-44(20-39)35(47)28-14-37(28,2)3/h12-13,23-25,27-29,32,45H,5-11,14-22H2,1-4H3,(H,41,46)/t24-,25+,27?,28-,29+,32+,38?/m1/s1. The van der Waals surface area contributed by atoms with Gasteiger partial charge in [0.1, 0.15) is 11.8 Å². The van der Waals surface area contributed by atoms with Gasteiger partial charge >= 0.3 is 0 Å². The minimum atomic E-state index is -0.865. The lowest BCUT2D eigenvalue weighted by molar-refractivity contribution is -0.160. The number of likely N-dealkylation sites (tertiary alicyclic amines) is 2. The number of carbonyl (C=O) groups excluding carboxylic acids is 3. The van der Waals surface area contributed by atoms with Gasteiger partial charge in [-0.1, -0.05) is 13.8 Å². The molecule has 12 nitrogen and oxygen atoms in total. The zero-order valence-corrected chi connectivity index (χ0v) is 31.9. The highest BCUT2D eigenvalue weighted by atomic mass is 32.1. The minimum absolute atomic E-state index is 0.0146. The summed E-state index contributed by atoms with van der Waals surface area (Å²) in [7, 11) is 1.69. The number of aromatic nitrogens is 1. The molecule has 2 saturated carbocycles. The van der Waals surface area contributed by atoms with E-state index >= 15 is 0 Å². The monoisotopic (exact) mass is 737 g/mol. The van der Waals surface area contributed by atoms with Crippen molar-refractivity contribution in [3.05, 3.63) is 17.6 Å². The molecule has 5 saturated heterocycles. The lowest BCUT2D eigenvalue weighted by Crippen LogP contribution is -2.65.